The highest BCUT2D eigenvalue weighted by molar-refractivity contribution is 5.75. The first-order valence-electron chi connectivity index (χ1n) is 7.79. The van der Waals surface area contributed by atoms with Gasteiger partial charge in [-0.1, -0.05) is 42.5 Å². The van der Waals surface area contributed by atoms with E-state index in [1.54, 1.807) is 17.0 Å². The van der Waals surface area contributed by atoms with Crippen molar-refractivity contribution in [3.63, 3.8) is 0 Å². The number of carbonyl (C=O) groups excluding carboxylic acids is 1. The molecule has 0 aliphatic carbocycles. The first-order valence-corrected chi connectivity index (χ1v) is 7.79. The Kier molecular flexibility index (Phi) is 5.37. The highest BCUT2D eigenvalue weighted by Gasteiger charge is 2.25. The van der Waals surface area contributed by atoms with Gasteiger partial charge in [0.25, 0.3) is 0 Å². The molecule has 0 atom stereocenters. The largest absolute Gasteiger partial charge is 0.329 e. The minimum absolute atomic E-state index is 0.134. The molecule has 4 heteroatoms. The summed E-state index contributed by atoms with van der Waals surface area (Å²) in [5.41, 5.74) is 1.38. The minimum Gasteiger partial charge on any atom is -0.329 e. The van der Waals surface area contributed by atoms with Gasteiger partial charge in [-0.05, 0) is 44.0 Å². The lowest BCUT2D eigenvalue weighted by Gasteiger charge is -2.31. The maximum Gasteiger partial charge on any atom is 0.318 e. The van der Waals surface area contributed by atoms with Crippen molar-refractivity contribution in [1.29, 1.82) is 0 Å². The van der Waals surface area contributed by atoms with Crippen LogP contribution in [0.5, 0.6) is 0 Å². The van der Waals surface area contributed by atoms with Crippen molar-refractivity contribution in [3.05, 3.63) is 71.5 Å². The highest BCUT2D eigenvalue weighted by Crippen LogP contribution is 2.21. The molecule has 23 heavy (non-hydrogen) atoms. The quantitative estimate of drug-likeness (QED) is 0.877. The molecule has 0 spiro atoms. The van der Waals surface area contributed by atoms with Crippen molar-refractivity contribution in [2.75, 3.05) is 6.54 Å². The molecule has 0 fully saturated rings. The zero-order valence-electron chi connectivity index (χ0n) is 13.8. The van der Waals surface area contributed by atoms with Gasteiger partial charge in [0.15, 0.2) is 0 Å². The Morgan fingerprint density at radius 1 is 1.09 bits per heavy atom. The van der Waals surface area contributed by atoms with E-state index in [0.717, 1.165) is 11.1 Å². The standard InChI is InChI=1S/C19H23FN2O/c1-4-22(14-15-8-6-5-7-9-15)18(23)21-19(2,3)16-10-12-17(20)13-11-16/h5-13H,4,14H2,1-3H3,(H,21,23). The SMILES string of the molecule is CCN(Cc1ccccc1)C(=O)NC(C)(C)c1ccc(F)cc1. The molecular weight excluding hydrogens is 291 g/mol. The Morgan fingerprint density at radius 3 is 2.26 bits per heavy atom. The Morgan fingerprint density at radius 2 is 1.70 bits per heavy atom. The monoisotopic (exact) mass is 314 g/mol. The van der Waals surface area contributed by atoms with Gasteiger partial charge in [-0.2, -0.15) is 0 Å². The van der Waals surface area contributed by atoms with Gasteiger partial charge in [-0.3, -0.25) is 0 Å². The summed E-state index contributed by atoms with van der Waals surface area (Å²) in [6.45, 7) is 6.94. The Hall–Kier alpha value is -2.36. The maximum atomic E-state index is 13.1. The van der Waals surface area contributed by atoms with Gasteiger partial charge in [0.1, 0.15) is 5.82 Å². The molecule has 3 nitrogen and oxygen atoms in total. The molecule has 2 amide bonds. The third kappa shape index (κ3) is 4.55. The molecule has 0 saturated heterocycles. The number of nitrogens with one attached hydrogen (secondary N) is 1. The second kappa shape index (κ2) is 7.27. The van der Waals surface area contributed by atoms with Crippen LogP contribution in [0.15, 0.2) is 54.6 Å². The van der Waals surface area contributed by atoms with Gasteiger partial charge in [0.05, 0.1) is 5.54 Å². The van der Waals surface area contributed by atoms with Crippen LogP contribution in [0.1, 0.15) is 31.9 Å². The lowest BCUT2D eigenvalue weighted by Crippen LogP contribution is -2.48. The second-order valence-electron chi connectivity index (χ2n) is 6.06. The summed E-state index contributed by atoms with van der Waals surface area (Å²) in [5, 5.41) is 3.03. The van der Waals surface area contributed by atoms with Gasteiger partial charge in [0, 0.05) is 13.1 Å². The maximum absolute atomic E-state index is 13.1. The van der Waals surface area contributed by atoms with Gasteiger partial charge >= 0.3 is 6.03 Å². The van der Waals surface area contributed by atoms with Crippen molar-refractivity contribution < 1.29 is 9.18 Å². The molecule has 122 valence electrons. The van der Waals surface area contributed by atoms with Crippen molar-refractivity contribution in [1.82, 2.24) is 10.2 Å². The number of hydrogen-bond acceptors (Lipinski definition) is 1. The van der Waals surface area contributed by atoms with Crippen molar-refractivity contribution >= 4 is 6.03 Å². The van der Waals surface area contributed by atoms with E-state index < -0.39 is 5.54 Å². The van der Waals surface area contributed by atoms with E-state index in [2.05, 4.69) is 5.32 Å². The summed E-state index contributed by atoms with van der Waals surface area (Å²) >= 11 is 0. The van der Waals surface area contributed by atoms with E-state index in [1.807, 2.05) is 51.1 Å². The van der Waals surface area contributed by atoms with Gasteiger partial charge in [0.2, 0.25) is 0 Å². The molecule has 0 aliphatic rings. The summed E-state index contributed by atoms with van der Waals surface area (Å²) in [7, 11) is 0. The average Bonchev–Trinajstić information content (AvgIpc) is 2.53. The van der Waals surface area contributed by atoms with Crippen LogP contribution in [0.3, 0.4) is 0 Å². The lowest BCUT2D eigenvalue weighted by atomic mass is 9.94. The number of nitrogens with zero attached hydrogens (tertiary/aromatic N) is 1. The van der Waals surface area contributed by atoms with Crippen molar-refractivity contribution in [3.8, 4) is 0 Å². The second-order valence-corrected chi connectivity index (χ2v) is 6.06. The fourth-order valence-electron chi connectivity index (χ4n) is 2.42. The normalized spacial score (nSPS) is 11.1. The number of urea groups is 1. The van der Waals surface area contributed by atoms with E-state index in [-0.39, 0.29) is 11.8 Å². The third-order valence-corrected chi connectivity index (χ3v) is 3.87. The van der Waals surface area contributed by atoms with Crippen LogP contribution in [0, 0.1) is 5.82 Å². The lowest BCUT2D eigenvalue weighted by molar-refractivity contribution is 0.186. The average molecular weight is 314 g/mol. The fourth-order valence-corrected chi connectivity index (χ4v) is 2.42. The topological polar surface area (TPSA) is 32.3 Å². The van der Waals surface area contributed by atoms with Gasteiger partial charge in [-0.15, -0.1) is 0 Å². The molecule has 1 N–H and O–H groups in total. The summed E-state index contributed by atoms with van der Waals surface area (Å²) < 4.78 is 13.1. The van der Waals surface area contributed by atoms with Gasteiger partial charge < -0.3 is 10.2 Å². The summed E-state index contributed by atoms with van der Waals surface area (Å²) in [6.07, 6.45) is 0. The number of hydrogen-bond donors (Lipinski definition) is 1. The zero-order valence-corrected chi connectivity index (χ0v) is 13.8. The molecule has 0 aromatic heterocycles. The first kappa shape index (κ1) is 17.0. The molecule has 0 bridgehead atoms. The van der Waals surface area contributed by atoms with E-state index in [9.17, 15) is 9.18 Å². The van der Waals surface area contributed by atoms with E-state index in [4.69, 9.17) is 0 Å². The number of benzene rings is 2. The van der Waals surface area contributed by atoms with Crippen LogP contribution in [-0.2, 0) is 12.1 Å². The molecule has 0 heterocycles. The van der Waals surface area contributed by atoms with Crippen LogP contribution < -0.4 is 5.32 Å². The predicted molar refractivity (Wildman–Crippen MR) is 90.5 cm³/mol. The molecule has 2 aromatic carbocycles. The summed E-state index contributed by atoms with van der Waals surface area (Å²) in [5.74, 6) is -0.282. The zero-order chi connectivity index (χ0) is 16.9. The molecule has 0 radical (unpaired) electrons. The molecule has 0 aliphatic heterocycles. The van der Waals surface area contributed by atoms with Gasteiger partial charge in [-0.25, -0.2) is 9.18 Å². The van der Waals surface area contributed by atoms with Crippen LogP contribution >= 0.6 is 0 Å². The third-order valence-electron chi connectivity index (χ3n) is 3.87. The van der Waals surface area contributed by atoms with Crippen LogP contribution in [0.2, 0.25) is 0 Å². The predicted octanol–water partition coefficient (Wildman–Crippen LogP) is 4.29. The van der Waals surface area contributed by atoms with E-state index in [1.165, 1.54) is 12.1 Å². The smallest absolute Gasteiger partial charge is 0.318 e. The summed E-state index contributed by atoms with van der Waals surface area (Å²) in [6, 6.07) is 16.0. The number of halogens is 1. The van der Waals surface area contributed by atoms with Crippen LogP contribution in [0.25, 0.3) is 0 Å². The van der Waals surface area contributed by atoms with Crippen LogP contribution in [0.4, 0.5) is 9.18 Å². The fraction of sp³-hybridized carbons (Fsp3) is 0.316. The first-order chi connectivity index (χ1) is 10.9. The van der Waals surface area contributed by atoms with Crippen molar-refractivity contribution in [2.24, 2.45) is 0 Å². The molecule has 0 unspecified atom stereocenters. The molecule has 0 saturated carbocycles. The molecule has 2 rings (SSSR count). The number of carbonyl (C=O) groups is 1. The highest BCUT2D eigenvalue weighted by atomic mass is 19.1. The number of rotatable bonds is 5. The van der Waals surface area contributed by atoms with E-state index >= 15 is 0 Å². The van der Waals surface area contributed by atoms with Crippen molar-refractivity contribution in [2.45, 2.75) is 32.9 Å². The Balaban J connectivity index is 2.07. The minimum atomic E-state index is -0.575. The number of amides is 2. The Bertz CT molecular complexity index is 638. The molecular formula is C19H23FN2O. The molecule has 2 aromatic rings. The Labute approximate surface area is 137 Å². The van der Waals surface area contributed by atoms with E-state index in [0.29, 0.717) is 13.1 Å². The van der Waals surface area contributed by atoms with Crippen LogP contribution in [-0.4, -0.2) is 17.5 Å². The summed E-state index contributed by atoms with van der Waals surface area (Å²) in [4.78, 5) is 14.3.